The van der Waals surface area contributed by atoms with Crippen molar-refractivity contribution in [1.29, 1.82) is 0 Å². The molecular formula is C20H29ClN2O5. The number of halogens is 1. The van der Waals surface area contributed by atoms with E-state index >= 15 is 0 Å². The molecule has 2 rings (SSSR count). The molecule has 0 unspecified atom stereocenters. The number of rotatable bonds is 9. The molecule has 1 aromatic carbocycles. The number of alkyl carbamates (subject to hydrolysis) is 1. The minimum atomic E-state index is -0.593. The van der Waals surface area contributed by atoms with E-state index in [0.717, 1.165) is 18.4 Å². The smallest absolute Gasteiger partial charge is 0.407 e. The molecule has 0 bridgehead atoms. The summed E-state index contributed by atoms with van der Waals surface area (Å²) in [7, 11) is 0. The average Bonchev–Trinajstić information content (AvgIpc) is 3.05. The zero-order valence-electron chi connectivity index (χ0n) is 16.6. The normalized spacial score (nSPS) is 20.0. The van der Waals surface area contributed by atoms with Gasteiger partial charge in [0.1, 0.15) is 6.61 Å². The Morgan fingerprint density at radius 1 is 1.32 bits per heavy atom. The lowest BCUT2D eigenvalue weighted by Gasteiger charge is -2.25. The molecule has 1 aromatic rings. The maximum atomic E-state index is 12.2. The molecule has 1 aliphatic heterocycles. The molecule has 1 amide bonds. The van der Waals surface area contributed by atoms with E-state index in [-0.39, 0.29) is 24.7 Å². The second-order valence-corrected chi connectivity index (χ2v) is 7.70. The fourth-order valence-electron chi connectivity index (χ4n) is 3.06. The molecule has 1 fully saturated rings. The van der Waals surface area contributed by atoms with Gasteiger partial charge < -0.3 is 24.8 Å². The summed E-state index contributed by atoms with van der Waals surface area (Å²) < 4.78 is 15.9. The van der Waals surface area contributed by atoms with Crippen LogP contribution in [-0.4, -0.2) is 43.6 Å². The Morgan fingerprint density at radius 3 is 2.75 bits per heavy atom. The van der Waals surface area contributed by atoms with Gasteiger partial charge in [0.15, 0.2) is 0 Å². The summed E-state index contributed by atoms with van der Waals surface area (Å²) in [5.41, 5.74) is 0.755. The van der Waals surface area contributed by atoms with E-state index < -0.39 is 12.4 Å². The van der Waals surface area contributed by atoms with Gasteiger partial charge in [0.2, 0.25) is 6.29 Å². The number of benzene rings is 1. The maximum absolute atomic E-state index is 12.2. The zero-order chi connectivity index (χ0) is 20.5. The highest BCUT2D eigenvalue weighted by Gasteiger charge is 2.31. The van der Waals surface area contributed by atoms with Crippen LogP contribution in [0.1, 0.15) is 39.2 Å². The molecule has 0 aromatic heterocycles. The lowest BCUT2D eigenvalue weighted by atomic mass is 10.0. The summed E-state index contributed by atoms with van der Waals surface area (Å²) in [4.78, 5) is 23.4. The van der Waals surface area contributed by atoms with Crippen molar-refractivity contribution in [3.63, 3.8) is 0 Å². The molecule has 8 heteroatoms. The fraction of sp³-hybridized carbons (Fsp3) is 0.600. The minimum Gasteiger partial charge on any atom is -0.445 e. The second kappa shape index (κ2) is 11.2. The fourth-order valence-corrected chi connectivity index (χ4v) is 3.25. The van der Waals surface area contributed by atoms with E-state index in [2.05, 4.69) is 24.5 Å². The van der Waals surface area contributed by atoms with Crippen molar-refractivity contribution in [3.8, 4) is 0 Å². The van der Waals surface area contributed by atoms with Crippen LogP contribution in [0, 0.1) is 5.92 Å². The van der Waals surface area contributed by atoms with Crippen LogP contribution in [0.4, 0.5) is 4.79 Å². The van der Waals surface area contributed by atoms with Crippen molar-refractivity contribution in [3.05, 3.63) is 34.9 Å². The zero-order valence-corrected chi connectivity index (χ0v) is 17.3. The van der Waals surface area contributed by atoms with Crippen molar-refractivity contribution >= 4 is 23.7 Å². The van der Waals surface area contributed by atoms with Gasteiger partial charge in [0, 0.05) is 30.1 Å². The average molecular weight is 413 g/mol. The van der Waals surface area contributed by atoms with Crippen LogP contribution in [0.5, 0.6) is 0 Å². The molecule has 1 saturated heterocycles. The van der Waals surface area contributed by atoms with E-state index in [0.29, 0.717) is 24.1 Å². The molecule has 0 radical (unpaired) electrons. The standard InChI is InChI=1S/C20H29ClN2O5/c1-13(2)10-16(11-22-18-8-9-26-19(18)28-14(3)24)23-20(25)27-12-15-6-4-5-7-17(15)21/h4-7,13,16,18-19,22H,8-12H2,1-3H3,(H,23,25)/t16-,18+,19+/m1/s1. The molecule has 28 heavy (non-hydrogen) atoms. The first kappa shape index (κ1) is 22.5. The highest BCUT2D eigenvalue weighted by atomic mass is 35.5. The van der Waals surface area contributed by atoms with E-state index in [1.807, 2.05) is 18.2 Å². The van der Waals surface area contributed by atoms with E-state index in [1.54, 1.807) is 6.07 Å². The van der Waals surface area contributed by atoms with Crippen molar-refractivity contribution in [1.82, 2.24) is 10.6 Å². The molecule has 2 N–H and O–H groups in total. The summed E-state index contributed by atoms with van der Waals surface area (Å²) in [6.45, 7) is 6.69. The van der Waals surface area contributed by atoms with Crippen LogP contribution in [0.15, 0.2) is 24.3 Å². The van der Waals surface area contributed by atoms with Gasteiger partial charge in [-0.15, -0.1) is 0 Å². The number of hydrogen-bond donors (Lipinski definition) is 2. The third-order valence-corrected chi connectivity index (χ3v) is 4.71. The second-order valence-electron chi connectivity index (χ2n) is 7.29. The van der Waals surface area contributed by atoms with Crippen LogP contribution in [0.2, 0.25) is 5.02 Å². The Bertz CT molecular complexity index is 655. The van der Waals surface area contributed by atoms with Gasteiger partial charge in [-0.25, -0.2) is 4.79 Å². The van der Waals surface area contributed by atoms with Crippen LogP contribution < -0.4 is 10.6 Å². The van der Waals surface area contributed by atoms with E-state index in [4.69, 9.17) is 25.8 Å². The van der Waals surface area contributed by atoms with Crippen LogP contribution in [-0.2, 0) is 25.6 Å². The Kier molecular flexibility index (Phi) is 9.02. The van der Waals surface area contributed by atoms with Crippen LogP contribution in [0.25, 0.3) is 0 Å². The third-order valence-electron chi connectivity index (χ3n) is 4.34. The molecule has 0 aliphatic carbocycles. The SMILES string of the molecule is CC(=O)O[C@@H]1OCC[C@@H]1NC[C@@H](CC(C)C)NC(=O)OCc1ccccc1Cl. The Balaban J connectivity index is 1.84. The summed E-state index contributed by atoms with van der Waals surface area (Å²) in [5, 5.41) is 6.80. The Morgan fingerprint density at radius 2 is 2.07 bits per heavy atom. The van der Waals surface area contributed by atoms with Gasteiger partial charge in [0.25, 0.3) is 0 Å². The molecule has 7 nitrogen and oxygen atoms in total. The monoisotopic (exact) mass is 412 g/mol. The van der Waals surface area contributed by atoms with Crippen molar-refractivity contribution in [2.45, 2.75) is 58.6 Å². The lowest BCUT2D eigenvalue weighted by molar-refractivity contribution is -0.170. The van der Waals surface area contributed by atoms with Gasteiger partial charge >= 0.3 is 12.1 Å². The van der Waals surface area contributed by atoms with Crippen molar-refractivity contribution in [2.24, 2.45) is 5.92 Å². The summed E-state index contributed by atoms with van der Waals surface area (Å²) >= 11 is 6.08. The van der Waals surface area contributed by atoms with Gasteiger partial charge in [0.05, 0.1) is 12.6 Å². The molecular weight excluding hydrogens is 384 g/mol. The number of nitrogens with one attached hydrogen (secondary N) is 2. The highest BCUT2D eigenvalue weighted by molar-refractivity contribution is 6.31. The number of ether oxygens (including phenoxy) is 3. The quantitative estimate of drug-likeness (QED) is 0.605. The number of hydrogen-bond acceptors (Lipinski definition) is 6. The lowest BCUT2D eigenvalue weighted by Crippen LogP contribution is -2.48. The van der Waals surface area contributed by atoms with Gasteiger partial charge in [-0.2, -0.15) is 0 Å². The molecule has 156 valence electrons. The van der Waals surface area contributed by atoms with Crippen molar-refractivity contribution in [2.75, 3.05) is 13.2 Å². The predicted octanol–water partition coefficient (Wildman–Crippen LogP) is 3.25. The first-order chi connectivity index (χ1) is 13.3. The summed E-state index contributed by atoms with van der Waals surface area (Å²) in [6, 6.07) is 7.02. The van der Waals surface area contributed by atoms with Crippen LogP contribution >= 0.6 is 11.6 Å². The maximum Gasteiger partial charge on any atom is 0.407 e. The predicted molar refractivity (Wildman–Crippen MR) is 106 cm³/mol. The number of amides is 1. The van der Waals surface area contributed by atoms with Gasteiger partial charge in [-0.3, -0.25) is 4.79 Å². The molecule has 0 spiro atoms. The van der Waals surface area contributed by atoms with Crippen LogP contribution in [0.3, 0.4) is 0 Å². The summed E-state index contributed by atoms with van der Waals surface area (Å²) in [5.74, 6) is 0.0125. The first-order valence-electron chi connectivity index (χ1n) is 9.54. The number of esters is 1. The first-order valence-corrected chi connectivity index (χ1v) is 9.92. The van der Waals surface area contributed by atoms with Gasteiger partial charge in [-0.05, 0) is 24.8 Å². The van der Waals surface area contributed by atoms with Gasteiger partial charge in [-0.1, -0.05) is 43.6 Å². The topological polar surface area (TPSA) is 85.9 Å². The van der Waals surface area contributed by atoms with E-state index in [9.17, 15) is 9.59 Å². The highest BCUT2D eigenvalue weighted by Crippen LogP contribution is 2.17. The van der Waals surface area contributed by atoms with E-state index in [1.165, 1.54) is 6.92 Å². The molecule has 1 aliphatic rings. The largest absolute Gasteiger partial charge is 0.445 e. The minimum absolute atomic E-state index is 0.0977. The number of carbonyl (C=O) groups excluding carboxylic acids is 2. The summed E-state index contributed by atoms with van der Waals surface area (Å²) in [6.07, 6.45) is 0.430. The molecule has 0 saturated carbocycles. The third kappa shape index (κ3) is 7.66. The Hall–Kier alpha value is -1.83. The number of carbonyl (C=O) groups is 2. The van der Waals surface area contributed by atoms with Crippen molar-refractivity contribution < 1.29 is 23.8 Å². The molecule has 1 heterocycles. The Labute approximate surface area is 171 Å². The molecule has 3 atom stereocenters.